The van der Waals surface area contributed by atoms with E-state index in [2.05, 4.69) is 15.8 Å². The number of rotatable bonds is 4. The zero-order chi connectivity index (χ0) is 15.1. The third kappa shape index (κ3) is 4.29. The van der Waals surface area contributed by atoms with E-state index in [9.17, 15) is 0 Å². The Bertz CT molecular complexity index is 655. The molecule has 0 bridgehead atoms. The molecule has 5 heteroatoms. The van der Waals surface area contributed by atoms with E-state index in [0.29, 0.717) is 5.11 Å². The van der Waals surface area contributed by atoms with Gasteiger partial charge in [0.1, 0.15) is 5.75 Å². The molecule has 108 valence electrons. The summed E-state index contributed by atoms with van der Waals surface area (Å²) in [6.07, 6.45) is 1.74. The maximum absolute atomic E-state index is 5.25. The predicted molar refractivity (Wildman–Crippen MR) is 91.1 cm³/mol. The number of nitrogens with zero attached hydrogens (tertiary/aromatic N) is 1. The number of hydrogen-bond acceptors (Lipinski definition) is 3. The van der Waals surface area contributed by atoms with Gasteiger partial charge < -0.3 is 10.1 Å². The summed E-state index contributed by atoms with van der Waals surface area (Å²) in [6, 6.07) is 15.6. The number of methoxy groups -OCH3 is 1. The molecule has 4 nitrogen and oxygen atoms in total. The Labute approximate surface area is 129 Å². The second-order valence-electron chi connectivity index (χ2n) is 4.38. The van der Waals surface area contributed by atoms with Gasteiger partial charge >= 0.3 is 0 Å². The molecule has 0 spiro atoms. The number of aryl methyl sites for hydroxylation is 1. The quantitative estimate of drug-likeness (QED) is 0.516. The van der Waals surface area contributed by atoms with Crippen molar-refractivity contribution in [3.05, 3.63) is 59.7 Å². The smallest absolute Gasteiger partial charge is 0.191 e. The van der Waals surface area contributed by atoms with Gasteiger partial charge in [0.25, 0.3) is 0 Å². The van der Waals surface area contributed by atoms with Gasteiger partial charge in [-0.1, -0.05) is 36.4 Å². The highest BCUT2D eigenvalue weighted by Gasteiger charge is 2.02. The van der Waals surface area contributed by atoms with Crippen molar-refractivity contribution in [1.82, 2.24) is 5.43 Å². The second-order valence-corrected chi connectivity index (χ2v) is 4.79. The maximum atomic E-state index is 5.25. The summed E-state index contributed by atoms with van der Waals surface area (Å²) in [4.78, 5) is 0. The molecule has 2 aromatic rings. The van der Waals surface area contributed by atoms with Crippen LogP contribution in [-0.2, 0) is 0 Å². The minimum absolute atomic E-state index is 0.407. The van der Waals surface area contributed by atoms with Crippen LogP contribution in [0.15, 0.2) is 53.6 Å². The summed E-state index contributed by atoms with van der Waals surface area (Å²) in [5, 5.41) is 7.59. The Morgan fingerprint density at radius 2 is 1.86 bits per heavy atom. The topological polar surface area (TPSA) is 45.6 Å². The molecular formula is C16H17N3OS. The summed E-state index contributed by atoms with van der Waals surface area (Å²) in [5.74, 6) is 0.726. The molecule has 0 aromatic heterocycles. The minimum atomic E-state index is 0.407. The van der Waals surface area contributed by atoms with Crippen LogP contribution in [0.5, 0.6) is 5.75 Å². The second kappa shape index (κ2) is 7.40. The highest BCUT2D eigenvalue weighted by molar-refractivity contribution is 7.80. The molecule has 0 aliphatic carbocycles. The van der Waals surface area contributed by atoms with Crippen LogP contribution in [0.2, 0.25) is 0 Å². The Kier molecular flexibility index (Phi) is 5.29. The lowest BCUT2D eigenvalue weighted by Crippen LogP contribution is -2.24. The van der Waals surface area contributed by atoms with Crippen molar-refractivity contribution in [3.63, 3.8) is 0 Å². The van der Waals surface area contributed by atoms with E-state index in [1.807, 2.05) is 55.5 Å². The molecule has 0 aliphatic heterocycles. The molecule has 21 heavy (non-hydrogen) atoms. The van der Waals surface area contributed by atoms with Crippen molar-refractivity contribution in [2.24, 2.45) is 5.10 Å². The lowest BCUT2D eigenvalue weighted by molar-refractivity contribution is 0.417. The predicted octanol–water partition coefficient (Wildman–Crippen LogP) is 3.32. The van der Waals surface area contributed by atoms with Crippen LogP contribution in [0, 0.1) is 6.92 Å². The number of nitrogens with one attached hydrogen (secondary N) is 2. The Hall–Kier alpha value is -2.40. The van der Waals surface area contributed by atoms with Crippen LogP contribution >= 0.6 is 12.2 Å². The van der Waals surface area contributed by atoms with Gasteiger partial charge in [0, 0.05) is 0 Å². The van der Waals surface area contributed by atoms with E-state index in [-0.39, 0.29) is 0 Å². The number of para-hydroxylation sites is 2. The minimum Gasteiger partial charge on any atom is -0.495 e. The molecule has 0 radical (unpaired) electrons. The molecule has 0 atom stereocenters. The van der Waals surface area contributed by atoms with Crippen LogP contribution in [0.3, 0.4) is 0 Å². The molecule has 0 saturated carbocycles. The maximum Gasteiger partial charge on any atom is 0.191 e. The van der Waals surface area contributed by atoms with Crippen LogP contribution < -0.4 is 15.5 Å². The monoisotopic (exact) mass is 299 g/mol. The van der Waals surface area contributed by atoms with E-state index >= 15 is 0 Å². The van der Waals surface area contributed by atoms with E-state index in [0.717, 1.165) is 22.6 Å². The van der Waals surface area contributed by atoms with Crippen LogP contribution in [-0.4, -0.2) is 18.4 Å². The fourth-order valence-corrected chi connectivity index (χ4v) is 1.95. The van der Waals surface area contributed by atoms with Gasteiger partial charge in [0.05, 0.1) is 19.0 Å². The standard InChI is InChI=1S/C16H17N3OS/c1-12-7-3-4-8-13(12)11-17-19-16(21)18-14-9-5-6-10-15(14)20-2/h3-11H,1-2H3,(H2,18,19,21)/b17-11-. The molecule has 0 fully saturated rings. The van der Waals surface area contributed by atoms with Gasteiger partial charge in [-0.25, -0.2) is 0 Å². The molecule has 0 saturated heterocycles. The van der Waals surface area contributed by atoms with Crippen molar-refractivity contribution in [1.29, 1.82) is 0 Å². The van der Waals surface area contributed by atoms with E-state index in [1.54, 1.807) is 13.3 Å². The first-order valence-corrected chi connectivity index (χ1v) is 6.90. The van der Waals surface area contributed by atoms with Gasteiger partial charge in [-0.05, 0) is 42.4 Å². The van der Waals surface area contributed by atoms with Crippen molar-refractivity contribution < 1.29 is 4.74 Å². The van der Waals surface area contributed by atoms with Crippen molar-refractivity contribution in [2.75, 3.05) is 12.4 Å². The highest BCUT2D eigenvalue weighted by Crippen LogP contribution is 2.22. The first-order chi connectivity index (χ1) is 10.2. The molecule has 0 unspecified atom stereocenters. The molecule has 0 amide bonds. The average Bonchev–Trinajstić information content (AvgIpc) is 2.50. The third-order valence-electron chi connectivity index (χ3n) is 2.91. The summed E-state index contributed by atoms with van der Waals surface area (Å²) in [5.41, 5.74) is 5.79. The van der Waals surface area contributed by atoms with Gasteiger partial charge in [0.15, 0.2) is 5.11 Å². The van der Waals surface area contributed by atoms with Crippen molar-refractivity contribution in [3.8, 4) is 5.75 Å². The normalized spacial score (nSPS) is 10.4. The number of anilines is 1. The van der Waals surface area contributed by atoms with Crippen molar-refractivity contribution >= 4 is 29.2 Å². The zero-order valence-corrected chi connectivity index (χ0v) is 12.8. The summed E-state index contributed by atoms with van der Waals surface area (Å²) in [7, 11) is 1.62. The van der Waals surface area contributed by atoms with Crippen LogP contribution in [0.25, 0.3) is 0 Å². The van der Waals surface area contributed by atoms with E-state index in [4.69, 9.17) is 17.0 Å². The molecular weight excluding hydrogens is 282 g/mol. The number of hydrogen-bond donors (Lipinski definition) is 2. The summed E-state index contributed by atoms with van der Waals surface area (Å²) < 4.78 is 5.25. The van der Waals surface area contributed by atoms with E-state index < -0.39 is 0 Å². The first kappa shape index (κ1) is 15.0. The fraction of sp³-hybridized carbons (Fsp3) is 0.125. The van der Waals surface area contributed by atoms with Gasteiger partial charge in [0.2, 0.25) is 0 Å². The third-order valence-corrected chi connectivity index (χ3v) is 3.11. The molecule has 2 rings (SSSR count). The number of hydrazone groups is 1. The SMILES string of the molecule is COc1ccccc1NC(=S)N/N=C\c1ccccc1C. The lowest BCUT2D eigenvalue weighted by Gasteiger charge is -2.10. The van der Waals surface area contributed by atoms with Crippen molar-refractivity contribution in [2.45, 2.75) is 6.92 Å². The highest BCUT2D eigenvalue weighted by atomic mass is 32.1. The number of benzene rings is 2. The van der Waals surface area contributed by atoms with Gasteiger partial charge in [-0.3, -0.25) is 5.43 Å². The molecule has 0 heterocycles. The molecule has 2 aromatic carbocycles. The number of thiocarbonyl (C=S) groups is 1. The summed E-state index contributed by atoms with van der Waals surface area (Å²) in [6.45, 7) is 2.03. The summed E-state index contributed by atoms with van der Waals surface area (Å²) >= 11 is 5.20. The fourth-order valence-electron chi connectivity index (χ4n) is 1.79. The molecule has 2 N–H and O–H groups in total. The Balaban J connectivity index is 1.95. The van der Waals surface area contributed by atoms with Gasteiger partial charge in [-0.15, -0.1) is 0 Å². The van der Waals surface area contributed by atoms with E-state index in [1.165, 1.54) is 0 Å². The lowest BCUT2D eigenvalue weighted by atomic mass is 10.1. The molecule has 0 aliphatic rings. The Morgan fingerprint density at radius 3 is 2.62 bits per heavy atom. The zero-order valence-electron chi connectivity index (χ0n) is 12.0. The average molecular weight is 299 g/mol. The Morgan fingerprint density at radius 1 is 1.14 bits per heavy atom. The van der Waals surface area contributed by atoms with Gasteiger partial charge in [-0.2, -0.15) is 5.10 Å². The first-order valence-electron chi connectivity index (χ1n) is 6.49. The number of ether oxygens (including phenoxy) is 1. The van der Waals surface area contributed by atoms with Crippen LogP contribution in [0.4, 0.5) is 5.69 Å². The largest absolute Gasteiger partial charge is 0.495 e. The van der Waals surface area contributed by atoms with Crippen LogP contribution in [0.1, 0.15) is 11.1 Å².